The first-order valence-corrected chi connectivity index (χ1v) is 9.91. The molecule has 0 spiro atoms. The second-order valence-corrected chi connectivity index (χ2v) is 8.04. The number of halogens is 1. The van der Waals surface area contributed by atoms with Gasteiger partial charge in [0.25, 0.3) is 0 Å². The van der Waals surface area contributed by atoms with Gasteiger partial charge in [0.05, 0.1) is 12.2 Å². The molecule has 2 aliphatic heterocycles. The van der Waals surface area contributed by atoms with Gasteiger partial charge < -0.3 is 9.80 Å². The summed E-state index contributed by atoms with van der Waals surface area (Å²) >= 11 is 1.82. The highest BCUT2D eigenvalue weighted by molar-refractivity contribution is 8.17. The summed E-state index contributed by atoms with van der Waals surface area (Å²) in [4.78, 5) is 11.0. The van der Waals surface area contributed by atoms with Crippen LogP contribution in [0.15, 0.2) is 51.6 Å². The molecule has 1 aliphatic carbocycles. The largest absolute Gasteiger partial charge is 0.366 e. The molecule has 0 amide bonds. The van der Waals surface area contributed by atoms with Crippen molar-refractivity contribution in [3.63, 3.8) is 0 Å². The first-order valence-electron chi connectivity index (χ1n) is 9.10. The molecule has 0 aromatic heterocycles. The van der Waals surface area contributed by atoms with Crippen LogP contribution < -0.4 is 4.90 Å². The van der Waals surface area contributed by atoms with Crippen LogP contribution in [-0.4, -0.2) is 29.7 Å². The van der Waals surface area contributed by atoms with Crippen molar-refractivity contribution in [2.45, 2.75) is 33.1 Å². The molecule has 3 aliphatic rings. The molecule has 1 aromatic rings. The molecule has 0 radical (unpaired) electrons. The highest BCUT2D eigenvalue weighted by Gasteiger charge is 2.36. The lowest BCUT2D eigenvalue weighted by molar-refractivity contribution is 0.313. The van der Waals surface area contributed by atoms with Gasteiger partial charge in [0.15, 0.2) is 5.17 Å². The summed E-state index contributed by atoms with van der Waals surface area (Å²) in [5.41, 5.74) is 3.65. The number of aliphatic imine (C=N–C) groups is 1. The van der Waals surface area contributed by atoms with E-state index in [1.165, 1.54) is 42.0 Å². The molecule has 25 heavy (non-hydrogen) atoms. The van der Waals surface area contributed by atoms with E-state index >= 15 is 0 Å². The van der Waals surface area contributed by atoms with E-state index in [1.807, 2.05) is 23.9 Å². The van der Waals surface area contributed by atoms with E-state index < -0.39 is 0 Å². The Morgan fingerprint density at radius 1 is 1.28 bits per heavy atom. The molecular formula is C20H24FN3S. The van der Waals surface area contributed by atoms with Crippen molar-refractivity contribution >= 4 is 22.6 Å². The number of likely N-dealkylation sites (N-methyl/N-ethyl adjacent to an activating group) is 1. The zero-order valence-electron chi connectivity index (χ0n) is 14.8. The molecule has 1 fully saturated rings. The Morgan fingerprint density at radius 2 is 2.04 bits per heavy atom. The standard InChI is InChI=1S/C20H24FN3S/c1-3-23(18-9-7-16(21)8-10-18)13-17-11-12-24-19(15-5-4-6-15)14(2)25-20(24)22-17/h7-11,15H,3-6,12-13H2,1-2H3. The van der Waals surface area contributed by atoms with Crippen molar-refractivity contribution in [3.8, 4) is 0 Å². The number of anilines is 1. The van der Waals surface area contributed by atoms with Crippen LogP contribution >= 0.6 is 11.8 Å². The minimum Gasteiger partial charge on any atom is -0.366 e. The van der Waals surface area contributed by atoms with Crippen LogP contribution in [0.2, 0.25) is 0 Å². The first kappa shape index (κ1) is 16.7. The lowest BCUT2D eigenvalue weighted by Gasteiger charge is -2.34. The Balaban J connectivity index is 1.47. The summed E-state index contributed by atoms with van der Waals surface area (Å²) < 4.78 is 13.2. The van der Waals surface area contributed by atoms with Gasteiger partial charge >= 0.3 is 0 Å². The van der Waals surface area contributed by atoms with Crippen molar-refractivity contribution in [2.24, 2.45) is 10.9 Å². The Kier molecular flexibility index (Phi) is 4.59. The summed E-state index contributed by atoms with van der Waals surface area (Å²) in [6.45, 7) is 6.91. The Bertz CT molecular complexity index is 747. The van der Waals surface area contributed by atoms with E-state index in [9.17, 15) is 4.39 Å². The number of benzene rings is 1. The Morgan fingerprint density at radius 3 is 2.68 bits per heavy atom. The fourth-order valence-electron chi connectivity index (χ4n) is 3.68. The third kappa shape index (κ3) is 3.22. The highest BCUT2D eigenvalue weighted by Crippen LogP contribution is 2.45. The fraction of sp³-hybridized carbons (Fsp3) is 0.450. The van der Waals surface area contributed by atoms with Gasteiger partial charge in [0.1, 0.15) is 5.82 Å². The maximum atomic E-state index is 13.2. The van der Waals surface area contributed by atoms with Crippen LogP contribution in [0.5, 0.6) is 0 Å². The van der Waals surface area contributed by atoms with Crippen molar-refractivity contribution < 1.29 is 4.39 Å². The van der Waals surface area contributed by atoms with Crippen LogP contribution in [0, 0.1) is 11.7 Å². The molecule has 5 heteroatoms. The Labute approximate surface area is 153 Å². The molecule has 3 nitrogen and oxygen atoms in total. The molecule has 0 N–H and O–H groups in total. The number of thioether (sulfide) groups is 1. The molecule has 4 rings (SSSR count). The van der Waals surface area contributed by atoms with Crippen molar-refractivity contribution in [3.05, 3.63) is 52.5 Å². The van der Waals surface area contributed by atoms with Crippen LogP contribution in [0.3, 0.4) is 0 Å². The number of nitrogens with zero attached hydrogens (tertiary/aromatic N) is 3. The fourth-order valence-corrected chi connectivity index (χ4v) is 4.79. The number of hydrogen-bond donors (Lipinski definition) is 0. The van der Waals surface area contributed by atoms with E-state index in [0.29, 0.717) is 0 Å². The van der Waals surface area contributed by atoms with Gasteiger partial charge in [-0.25, -0.2) is 9.38 Å². The third-order valence-corrected chi connectivity index (χ3v) is 6.30. The summed E-state index contributed by atoms with van der Waals surface area (Å²) in [7, 11) is 0. The summed E-state index contributed by atoms with van der Waals surface area (Å²) in [5, 5.41) is 1.13. The van der Waals surface area contributed by atoms with E-state index in [2.05, 4.69) is 29.7 Å². The lowest BCUT2D eigenvalue weighted by atomic mass is 9.82. The average molecular weight is 357 g/mol. The van der Waals surface area contributed by atoms with Crippen molar-refractivity contribution in [1.29, 1.82) is 0 Å². The predicted molar refractivity (Wildman–Crippen MR) is 104 cm³/mol. The number of fused-ring (bicyclic) bond motifs is 1. The van der Waals surface area contributed by atoms with Gasteiger partial charge in [0, 0.05) is 35.3 Å². The second kappa shape index (κ2) is 6.87. The second-order valence-electron chi connectivity index (χ2n) is 6.86. The molecule has 0 saturated heterocycles. The third-order valence-electron chi connectivity index (χ3n) is 5.29. The van der Waals surface area contributed by atoms with Gasteiger partial charge in [-0.3, -0.25) is 0 Å². The smallest absolute Gasteiger partial charge is 0.173 e. The average Bonchev–Trinajstić information content (AvgIpc) is 2.88. The van der Waals surface area contributed by atoms with Gasteiger partial charge in [0.2, 0.25) is 0 Å². The van der Waals surface area contributed by atoms with Crippen LogP contribution in [0.4, 0.5) is 10.1 Å². The number of rotatable bonds is 5. The maximum Gasteiger partial charge on any atom is 0.173 e. The van der Waals surface area contributed by atoms with Crippen molar-refractivity contribution in [1.82, 2.24) is 4.90 Å². The molecule has 1 aromatic carbocycles. The molecule has 2 heterocycles. The maximum absolute atomic E-state index is 13.2. The minimum absolute atomic E-state index is 0.194. The van der Waals surface area contributed by atoms with Crippen LogP contribution in [-0.2, 0) is 0 Å². The van der Waals surface area contributed by atoms with Gasteiger partial charge in [-0.05, 0) is 57.0 Å². The van der Waals surface area contributed by atoms with Gasteiger partial charge in [-0.15, -0.1) is 0 Å². The first-order chi connectivity index (χ1) is 12.2. The van der Waals surface area contributed by atoms with Gasteiger partial charge in [-0.1, -0.05) is 18.2 Å². The summed E-state index contributed by atoms with van der Waals surface area (Å²) in [6, 6.07) is 6.72. The van der Waals surface area contributed by atoms with Crippen LogP contribution in [0.1, 0.15) is 33.1 Å². The van der Waals surface area contributed by atoms with E-state index in [0.717, 1.165) is 42.1 Å². The van der Waals surface area contributed by atoms with E-state index in [1.54, 1.807) is 0 Å². The van der Waals surface area contributed by atoms with Crippen LogP contribution in [0.25, 0.3) is 0 Å². The normalized spacial score (nSPS) is 20.2. The molecular weight excluding hydrogens is 333 g/mol. The Hall–Kier alpha value is -1.75. The molecule has 0 bridgehead atoms. The zero-order chi connectivity index (χ0) is 17.4. The SMILES string of the molecule is CCN(CC1=CCN2C(=N1)SC(C)=C2C1CCC1)c1ccc(F)cc1. The molecule has 1 saturated carbocycles. The van der Waals surface area contributed by atoms with Crippen molar-refractivity contribution in [2.75, 3.05) is 24.5 Å². The highest BCUT2D eigenvalue weighted by atomic mass is 32.2. The summed E-state index contributed by atoms with van der Waals surface area (Å²) in [5.74, 6) is 0.543. The minimum atomic E-state index is -0.194. The summed E-state index contributed by atoms with van der Waals surface area (Å²) in [6.07, 6.45) is 6.24. The topological polar surface area (TPSA) is 18.8 Å². The molecule has 0 atom stereocenters. The molecule has 0 unspecified atom stereocenters. The monoisotopic (exact) mass is 357 g/mol. The van der Waals surface area contributed by atoms with Gasteiger partial charge in [-0.2, -0.15) is 0 Å². The molecule has 132 valence electrons. The zero-order valence-corrected chi connectivity index (χ0v) is 15.7. The number of hydrogen-bond acceptors (Lipinski definition) is 4. The number of allylic oxidation sites excluding steroid dienone is 2. The quantitative estimate of drug-likeness (QED) is 0.740. The van der Waals surface area contributed by atoms with E-state index in [4.69, 9.17) is 4.99 Å². The van der Waals surface area contributed by atoms with E-state index in [-0.39, 0.29) is 5.82 Å². The number of amidine groups is 1. The predicted octanol–water partition coefficient (Wildman–Crippen LogP) is 4.99. The lowest BCUT2D eigenvalue weighted by Crippen LogP contribution is -2.34.